The monoisotopic (exact) mass is 470 g/mol. The van der Waals surface area contributed by atoms with Gasteiger partial charge in [-0.15, -0.1) is 0 Å². The molecule has 1 unspecified atom stereocenters. The maximum Gasteiger partial charge on any atom is 0.322 e. The van der Waals surface area contributed by atoms with Crippen molar-refractivity contribution in [3.63, 3.8) is 0 Å². The Labute approximate surface area is 191 Å². The van der Waals surface area contributed by atoms with Crippen LogP contribution in [0.1, 0.15) is 17.3 Å². The van der Waals surface area contributed by atoms with Crippen LogP contribution < -0.4 is 11.1 Å². The van der Waals surface area contributed by atoms with Crippen molar-refractivity contribution in [2.75, 3.05) is 6.54 Å². The number of benzene rings is 2. The number of hydrogen-bond acceptors (Lipinski definition) is 5. The van der Waals surface area contributed by atoms with E-state index < -0.39 is 29.6 Å². The van der Waals surface area contributed by atoms with Gasteiger partial charge in [-0.3, -0.25) is 9.59 Å². The van der Waals surface area contributed by atoms with Crippen LogP contribution >= 0.6 is 11.3 Å². The Morgan fingerprint density at radius 1 is 1.15 bits per heavy atom. The van der Waals surface area contributed by atoms with E-state index in [-0.39, 0.29) is 12.1 Å². The third-order valence-corrected chi connectivity index (χ3v) is 5.99. The second-order valence-electron chi connectivity index (χ2n) is 7.36. The van der Waals surface area contributed by atoms with Crippen LogP contribution in [0.2, 0.25) is 0 Å². The molecule has 0 aliphatic heterocycles. The lowest BCUT2D eigenvalue weighted by molar-refractivity contribution is -0.138. The molecule has 2 aromatic carbocycles. The van der Waals surface area contributed by atoms with Gasteiger partial charge in [0, 0.05) is 46.8 Å². The second-order valence-corrected chi connectivity index (χ2v) is 8.10. The maximum atomic E-state index is 14.5. The molecule has 0 bridgehead atoms. The van der Waals surface area contributed by atoms with Gasteiger partial charge in [-0.1, -0.05) is 0 Å². The highest BCUT2D eigenvalue weighted by molar-refractivity contribution is 7.08. The number of aliphatic carboxylic acids is 1. The number of imidazole rings is 1. The van der Waals surface area contributed by atoms with Gasteiger partial charge >= 0.3 is 5.97 Å². The highest BCUT2D eigenvalue weighted by Crippen LogP contribution is 2.37. The maximum absolute atomic E-state index is 14.5. The predicted molar refractivity (Wildman–Crippen MR) is 122 cm³/mol. The Morgan fingerprint density at radius 3 is 2.61 bits per heavy atom. The van der Waals surface area contributed by atoms with Crippen LogP contribution in [0.25, 0.3) is 33.5 Å². The summed E-state index contributed by atoms with van der Waals surface area (Å²) < 4.78 is 29.8. The fourth-order valence-corrected chi connectivity index (χ4v) is 4.40. The molecular formula is C23H20F2N4O3S. The summed E-state index contributed by atoms with van der Waals surface area (Å²) in [6.45, 7) is 2.32. The van der Waals surface area contributed by atoms with Crippen molar-refractivity contribution in [2.45, 2.75) is 19.5 Å². The Bertz CT molecular complexity index is 1370. The summed E-state index contributed by atoms with van der Waals surface area (Å²) in [7, 11) is 0. The number of fused-ring (bicyclic) bond motifs is 1. The van der Waals surface area contributed by atoms with Crippen LogP contribution in [0, 0.1) is 11.6 Å². The number of aromatic nitrogens is 2. The first-order valence-electron chi connectivity index (χ1n) is 10.1. The van der Waals surface area contributed by atoms with E-state index in [1.165, 1.54) is 23.5 Å². The van der Waals surface area contributed by atoms with E-state index in [1.807, 2.05) is 16.9 Å². The van der Waals surface area contributed by atoms with Crippen molar-refractivity contribution in [2.24, 2.45) is 5.73 Å². The SMILES string of the molecule is CCn1c(-c2cscc2-c2ccc(F)cc2F)nc2cc(C(=O)NCC(N)C(=O)O)ccc21. The first kappa shape index (κ1) is 22.6. The van der Waals surface area contributed by atoms with Crippen LogP contribution in [-0.2, 0) is 11.3 Å². The molecule has 170 valence electrons. The molecule has 0 radical (unpaired) electrons. The number of hydrogen-bond donors (Lipinski definition) is 3. The van der Waals surface area contributed by atoms with E-state index in [9.17, 15) is 18.4 Å². The Balaban J connectivity index is 1.73. The Kier molecular flexibility index (Phi) is 6.21. The van der Waals surface area contributed by atoms with Gasteiger partial charge in [0.15, 0.2) is 0 Å². The van der Waals surface area contributed by atoms with Gasteiger partial charge < -0.3 is 20.7 Å². The van der Waals surface area contributed by atoms with Crippen molar-refractivity contribution in [1.29, 1.82) is 0 Å². The molecule has 33 heavy (non-hydrogen) atoms. The summed E-state index contributed by atoms with van der Waals surface area (Å²) in [5.41, 5.74) is 8.65. The molecule has 0 aliphatic rings. The van der Waals surface area contributed by atoms with Crippen LogP contribution in [0.3, 0.4) is 0 Å². The summed E-state index contributed by atoms with van der Waals surface area (Å²) >= 11 is 1.38. The topological polar surface area (TPSA) is 110 Å². The molecule has 4 N–H and O–H groups in total. The molecule has 0 saturated carbocycles. The summed E-state index contributed by atoms with van der Waals surface area (Å²) in [5.74, 6) is -2.39. The van der Waals surface area contributed by atoms with Gasteiger partial charge in [-0.25, -0.2) is 13.8 Å². The summed E-state index contributed by atoms with van der Waals surface area (Å²) in [6, 6.07) is 7.25. The molecule has 0 aliphatic carbocycles. The van der Waals surface area contributed by atoms with E-state index >= 15 is 0 Å². The highest BCUT2D eigenvalue weighted by Gasteiger charge is 2.20. The van der Waals surface area contributed by atoms with Crippen molar-refractivity contribution in [3.8, 4) is 22.5 Å². The lowest BCUT2D eigenvalue weighted by Crippen LogP contribution is -2.42. The van der Waals surface area contributed by atoms with Crippen LogP contribution in [0.5, 0.6) is 0 Å². The van der Waals surface area contributed by atoms with Crippen LogP contribution in [-0.4, -0.2) is 39.1 Å². The standard InChI is InChI=1S/C23H20F2N4O3S/c1-2-29-20-6-3-12(22(30)27-9-18(26)23(31)32)7-19(20)28-21(29)16-11-33-10-15(16)14-5-4-13(24)8-17(14)25/h3-8,10-11,18H,2,9,26H2,1H3,(H,27,30)(H,31,32). The highest BCUT2D eigenvalue weighted by atomic mass is 32.1. The average molecular weight is 471 g/mol. The minimum Gasteiger partial charge on any atom is -0.480 e. The lowest BCUT2D eigenvalue weighted by Gasteiger charge is -2.09. The number of carbonyl (C=O) groups excluding carboxylic acids is 1. The molecule has 10 heteroatoms. The largest absolute Gasteiger partial charge is 0.480 e. The van der Waals surface area contributed by atoms with Crippen molar-refractivity contribution < 1.29 is 23.5 Å². The third-order valence-electron chi connectivity index (χ3n) is 5.25. The molecular weight excluding hydrogens is 450 g/mol. The number of rotatable bonds is 7. The van der Waals surface area contributed by atoms with Crippen LogP contribution in [0.4, 0.5) is 8.78 Å². The molecule has 0 fully saturated rings. The first-order chi connectivity index (χ1) is 15.8. The third kappa shape index (κ3) is 4.35. The van der Waals surface area contributed by atoms with E-state index in [1.54, 1.807) is 23.6 Å². The number of nitrogens with zero attached hydrogens (tertiary/aromatic N) is 2. The zero-order valence-electron chi connectivity index (χ0n) is 17.5. The molecule has 4 aromatic rings. The van der Waals surface area contributed by atoms with Crippen molar-refractivity contribution in [1.82, 2.24) is 14.9 Å². The smallest absolute Gasteiger partial charge is 0.322 e. The normalized spacial score (nSPS) is 12.1. The first-order valence-corrected chi connectivity index (χ1v) is 11.0. The summed E-state index contributed by atoms with van der Waals surface area (Å²) in [6.07, 6.45) is 0. The average Bonchev–Trinajstić information content (AvgIpc) is 3.40. The number of halogens is 2. The molecule has 2 heterocycles. The summed E-state index contributed by atoms with van der Waals surface area (Å²) in [5, 5.41) is 15.0. The number of thiophene rings is 1. The number of carboxylic acid groups (broad SMARTS) is 1. The number of nitrogens with one attached hydrogen (secondary N) is 1. The lowest BCUT2D eigenvalue weighted by atomic mass is 10.0. The number of aryl methyl sites for hydroxylation is 1. The molecule has 7 nitrogen and oxygen atoms in total. The minimum atomic E-state index is -1.21. The molecule has 1 amide bonds. The number of carbonyl (C=O) groups is 2. The van der Waals surface area contributed by atoms with Crippen LogP contribution in [0.15, 0.2) is 47.2 Å². The second kappa shape index (κ2) is 9.08. The van der Waals surface area contributed by atoms with E-state index in [2.05, 4.69) is 5.32 Å². The van der Waals surface area contributed by atoms with Gasteiger partial charge in [0.2, 0.25) is 0 Å². The fourth-order valence-electron chi connectivity index (χ4n) is 3.58. The Morgan fingerprint density at radius 2 is 1.91 bits per heavy atom. The van der Waals surface area contributed by atoms with Gasteiger partial charge in [-0.05, 0) is 42.6 Å². The number of nitrogens with two attached hydrogens (primary N) is 1. The van der Waals surface area contributed by atoms with Gasteiger partial charge in [-0.2, -0.15) is 11.3 Å². The van der Waals surface area contributed by atoms with Gasteiger partial charge in [0.1, 0.15) is 23.5 Å². The van der Waals surface area contributed by atoms with E-state index in [0.717, 1.165) is 11.6 Å². The quantitative estimate of drug-likeness (QED) is 0.380. The minimum absolute atomic E-state index is 0.206. The fraction of sp³-hybridized carbons (Fsp3) is 0.174. The summed E-state index contributed by atoms with van der Waals surface area (Å²) in [4.78, 5) is 28.0. The molecule has 1 atom stereocenters. The molecule has 0 spiro atoms. The molecule has 4 rings (SSSR count). The molecule has 0 saturated heterocycles. The predicted octanol–water partition coefficient (Wildman–Crippen LogP) is 3.87. The zero-order chi connectivity index (χ0) is 23.7. The van der Waals surface area contributed by atoms with Gasteiger partial charge in [0.25, 0.3) is 5.91 Å². The zero-order valence-corrected chi connectivity index (χ0v) is 18.3. The van der Waals surface area contributed by atoms with E-state index in [0.29, 0.717) is 34.6 Å². The number of amides is 1. The molecule has 2 aromatic heterocycles. The van der Waals surface area contributed by atoms with Crippen molar-refractivity contribution >= 4 is 34.2 Å². The van der Waals surface area contributed by atoms with Crippen molar-refractivity contribution in [3.05, 3.63) is 64.4 Å². The number of carboxylic acids is 1. The Hall–Kier alpha value is -3.63. The van der Waals surface area contributed by atoms with E-state index in [4.69, 9.17) is 15.8 Å². The van der Waals surface area contributed by atoms with Gasteiger partial charge in [0.05, 0.1) is 11.0 Å².